The summed E-state index contributed by atoms with van der Waals surface area (Å²) in [6.07, 6.45) is 5.61. The molecule has 62 heavy (non-hydrogen) atoms. The molecule has 1 unspecified atom stereocenters. The number of fused-ring (bicyclic) bond motifs is 3. The zero-order valence-electron chi connectivity index (χ0n) is 35.9. The summed E-state index contributed by atoms with van der Waals surface area (Å²) in [6.45, 7) is 15.2. The summed E-state index contributed by atoms with van der Waals surface area (Å²) in [4.78, 5) is 70.7. The molecular formula is C47H51N5O8S2. The van der Waals surface area contributed by atoms with Crippen molar-refractivity contribution in [1.29, 1.82) is 0 Å². The number of likely N-dealkylation sites (N-methyl/N-ethyl adjacent to an activating group) is 1. The van der Waals surface area contributed by atoms with Gasteiger partial charge in [-0.2, -0.15) is 0 Å². The van der Waals surface area contributed by atoms with E-state index in [-0.39, 0.29) is 62.3 Å². The standard InChI is InChI=1S/C47H51N5O8S2/c1-8-48-34-13-10-9-12-31(34)47(6,7)42(48)41-43(58)51(44(61)62-41)27-30(53)24-28-16-18-35-32(25-28)45(2,3)37(49(35)22-20-39(54)55)14-11-15-38-46(4,5)33-26-29(52(59)60)17-19-36(33)50(38)23-21-40(56)57/h9-19,25-26,37H,8,20-24,27H2,1-7H3,(H,54,55)(H,56,57)/b14-11+,38-15+,42-41-. The molecule has 1 atom stereocenters. The Labute approximate surface area is 370 Å². The van der Waals surface area contributed by atoms with E-state index < -0.39 is 33.1 Å². The van der Waals surface area contributed by atoms with Gasteiger partial charge in [-0.15, -0.1) is 0 Å². The third-order valence-electron chi connectivity index (χ3n) is 12.7. The van der Waals surface area contributed by atoms with E-state index in [9.17, 15) is 39.5 Å². The molecule has 4 heterocycles. The Hall–Kier alpha value is -5.80. The van der Waals surface area contributed by atoms with Crippen molar-refractivity contribution in [1.82, 2.24) is 4.90 Å². The van der Waals surface area contributed by atoms with Crippen LogP contribution in [0.2, 0.25) is 0 Å². The number of thiocarbonyl (C=S) groups is 1. The first-order valence-electron chi connectivity index (χ1n) is 20.7. The van der Waals surface area contributed by atoms with Gasteiger partial charge in [-0.3, -0.25) is 34.2 Å². The van der Waals surface area contributed by atoms with E-state index in [0.717, 1.165) is 45.0 Å². The number of ketones is 1. The molecule has 4 aliphatic heterocycles. The second-order valence-electron chi connectivity index (χ2n) is 17.7. The first kappa shape index (κ1) is 44.3. The Balaban J connectivity index is 1.13. The van der Waals surface area contributed by atoms with Crippen molar-refractivity contribution < 1.29 is 34.3 Å². The van der Waals surface area contributed by atoms with Crippen LogP contribution in [0, 0.1) is 10.1 Å². The summed E-state index contributed by atoms with van der Waals surface area (Å²) < 4.78 is 0.346. The molecule has 324 valence electrons. The van der Waals surface area contributed by atoms with Crippen molar-refractivity contribution in [3.8, 4) is 0 Å². The van der Waals surface area contributed by atoms with Gasteiger partial charge in [0.15, 0.2) is 5.78 Å². The highest BCUT2D eigenvalue weighted by Crippen LogP contribution is 2.53. The van der Waals surface area contributed by atoms with Crippen molar-refractivity contribution in [2.24, 2.45) is 0 Å². The summed E-state index contributed by atoms with van der Waals surface area (Å²) in [7, 11) is 0. The number of carbonyl (C=O) groups excluding carboxylic acids is 2. The van der Waals surface area contributed by atoms with Crippen LogP contribution in [0.15, 0.2) is 95.2 Å². The van der Waals surface area contributed by atoms with Gasteiger partial charge in [0.05, 0.1) is 30.4 Å². The zero-order valence-corrected chi connectivity index (χ0v) is 37.6. The largest absolute Gasteiger partial charge is 0.481 e. The van der Waals surface area contributed by atoms with E-state index in [1.54, 1.807) is 12.1 Å². The molecule has 1 saturated heterocycles. The van der Waals surface area contributed by atoms with Gasteiger partial charge in [0.2, 0.25) is 0 Å². The van der Waals surface area contributed by atoms with Crippen LogP contribution in [0.4, 0.5) is 22.7 Å². The van der Waals surface area contributed by atoms with Crippen LogP contribution in [0.1, 0.15) is 83.6 Å². The highest BCUT2D eigenvalue weighted by molar-refractivity contribution is 8.26. The number of para-hydroxylation sites is 1. The molecule has 4 aliphatic rings. The highest BCUT2D eigenvalue weighted by atomic mass is 32.2. The molecular weight excluding hydrogens is 827 g/mol. The number of nitro benzene ring substituents is 1. The molecule has 1 amide bonds. The normalized spacial score (nSPS) is 21.3. The summed E-state index contributed by atoms with van der Waals surface area (Å²) in [5, 5.41) is 31.0. The van der Waals surface area contributed by atoms with Crippen molar-refractivity contribution in [2.45, 2.75) is 90.0 Å². The predicted molar refractivity (Wildman–Crippen MR) is 246 cm³/mol. The molecule has 1 fully saturated rings. The predicted octanol–water partition coefficient (Wildman–Crippen LogP) is 8.25. The topological polar surface area (TPSA) is 165 Å². The molecule has 0 radical (unpaired) electrons. The number of hydrogen-bond acceptors (Lipinski definition) is 11. The van der Waals surface area contributed by atoms with E-state index >= 15 is 0 Å². The monoisotopic (exact) mass is 877 g/mol. The lowest BCUT2D eigenvalue weighted by atomic mass is 9.79. The number of hydrogen-bond donors (Lipinski definition) is 2. The fourth-order valence-corrected chi connectivity index (χ4v) is 11.1. The zero-order chi connectivity index (χ0) is 45.1. The molecule has 7 rings (SSSR count). The van der Waals surface area contributed by atoms with Crippen molar-refractivity contribution in [3.05, 3.63) is 128 Å². The van der Waals surface area contributed by atoms with Gasteiger partial charge in [-0.05, 0) is 53.5 Å². The second-order valence-corrected chi connectivity index (χ2v) is 19.4. The van der Waals surface area contributed by atoms with Gasteiger partial charge in [0.1, 0.15) is 9.23 Å². The van der Waals surface area contributed by atoms with E-state index in [0.29, 0.717) is 21.5 Å². The molecule has 13 nitrogen and oxygen atoms in total. The Morgan fingerprint density at radius 2 is 1.50 bits per heavy atom. The maximum absolute atomic E-state index is 14.1. The number of anilines is 3. The van der Waals surface area contributed by atoms with Crippen LogP contribution in [0.5, 0.6) is 0 Å². The number of carboxylic acids is 2. The molecule has 0 saturated carbocycles. The van der Waals surface area contributed by atoms with Gasteiger partial charge in [0, 0.05) is 82.9 Å². The molecule has 0 spiro atoms. The molecule has 0 bridgehead atoms. The number of rotatable bonds is 14. The summed E-state index contributed by atoms with van der Waals surface area (Å²) in [6, 6.07) is 18.2. The van der Waals surface area contributed by atoms with Gasteiger partial charge >= 0.3 is 11.9 Å². The molecule has 0 aromatic heterocycles. The van der Waals surface area contributed by atoms with Crippen LogP contribution >= 0.6 is 24.0 Å². The molecule has 2 N–H and O–H groups in total. The van der Waals surface area contributed by atoms with Gasteiger partial charge in [-0.1, -0.05) is 108 Å². The van der Waals surface area contributed by atoms with Crippen LogP contribution in [0.3, 0.4) is 0 Å². The fraction of sp³-hybridized carbons (Fsp3) is 0.383. The van der Waals surface area contributed by atoms with Crippen molar-refractivity contribution >= 4 is 74.7 Å². The maximum atomic E-state index is 14.1. The van der Waals surface area contributed by atoms with E-state index in [2.05, 4.69) is 56.6 Å². The average Bonchev–Trinajstić information content (AvgIpc) is 3.78. The summed E-state index contributed by atoms with van der Waals surface area (Å²) in [5.41, 5.74) is 6.09. The smallest absolute Gasteiger partial charge is 0.305 e. The molecule has 0 aliphatic carbocycles. The molecule has 15 heteroatoms. The lowest BCUT2D eigenvalue weighted by molar-refractivity contribution is -0.384. The minimum Gasteiger partial charge on any atom is -0.481 e. The lowest BCUT2D eigenvalue weighted by Crippen LogP contribution is -2.41. The van der Waals surface area contributed by atoms with Gasteiger partial charge in [0.25, 0.3) is 11.6 Å². The number of aliphatic carboxylic acids is 2. The third kappa shape index (κ3) is 7.69. The van der Waals surface area contributed by atoms with Crippen molar-refractivity contribution in [2.75, 3.05) is 40.9 Å². The second kappa shape index (κ2) is 16.5. The summed E-state index contributed by atoms with van der Waals surface area (Å²) >= 11 is 6.96. The minimum absolute atomic E-state index is 0.0512. The minimum atomic E-state index is -0.967. The average molecular weight is 878 g/mol. The number of benzene rings is 3. The van der Waals surface area contributed by atoms with Crippen LogP contribution in [0.25, 0.3) is 0 Å². The Morgan fingerprint density at radius 1 is 0.839 bits per heavy atom. The SMILES string of the molecule is CCN1/C(=C2\SC(=S)N(CC(=O)Cc3ccc4c(c3)C(C)(C)C(/C=C/C=C3/N(CCC(=O)O)c5ccc([N+](=O)[O-])cc5C3(C)C)N4CCC(=O)O)C2=O)C(C)(C)c2ccccc21. The number of thioether (sulfide) groups is 1. The number of nitro groups is 1. The lowest BCUT2D eigenvalue weighted by Gasteiger charge is -2.32. The van der Waals surface area contributed by atoms with E-state index in [4.69, 9.17) is 12.2 Å². The number of nitrogens with zero attached hydrogens (tertiary/aromatic N) is 5. The fourth-order valence-electron chi connectivity index (χ4n) is 9.65. The molecule has 3 aromatic rings. The third-order valence-corrected chi connectivity index (χ3v) is 14.2. The Bertz CT molecular complexity index is 2520. The number of carbonyl (C=O) groups is 4. The Morgan fingerprint density at radius 3 is 2.18 bits per heavy atom. The van der Waals surface area contributed by atoms with Crippen LogP contribution in [-0.4, -0.2) is 80.2 Å². The first-order chi connectivity index (χ1) is 29.2. The molecule has 3 aromatic carbocycles. The number of allylic oxidation sites excluding steroid dienone is 4. The van der Waals surface area contributed by atoms with Gasteiger partial charge < -0.3 is 24.9 Å². The number of amides is 1. The summed E-state index contributed by atoms with van der Waals surface area (Å²) in [5.74, 6) is -2.35. The van der Waals surface area contributed by atoms with Crippen LogP contribution < -0.4 is 14.7 Å². The number of non-ortho nitro benzene ring substituents is 1. The number of carboxylic acid groups (broad SMARTS) is 2. The van der Waals surface area contributed by atoms with Gasteiger partial charge in [-0.25, -0.2) is 0 Å². The van der Waals surface area contributed by atoms with E-state index in [1.807, 2.05) is 67.3 Å². The van der Waals surface area contributed by atoms with Crippen molar-refractivity contribution in [3.63, 3.8) is 0 Å². The maximum Gasteiger partial charge on any atom is 0.305 e. The van der Waals surface area contributed by atoms with E-state index in [1.165, 1.54) is 22.7 Å². The quantitative estimate of drug-likeness (QED) is 0.0689. The Kier molecular flexibility index (Phi) is 11.8. The first-order valence-corrected chi connectivity index (χ1v) is 21.9. The number of Topliss-reactive ketones (excluding diaryl/α,β-unsaturated/α-hetero) is 1. The van der Waals surface area contributed by atoms with Crippen LogP contribution in [-0.2, 0) is 41.8 Å². The highest BCUT2D eigenvalue weighted by Gasteiger charge is 2.47.